The Balaban J connectivity index is 2.40. The van der Waals surface area contributed by atoms with Crippen LogP contribution in [0.5, 0.6) is 0 Å². The summed E-state index contributed by atoms with van der Waals surface area (Å²) in [5.41, 5.74) is 0.337. The van der Waals surface area contributed by atoms with Gasteiger partial charge in [-0.25, -0.2) is 8.42 Å². The van der Waals surface area contributed by atoms with E-state index in [0.717, 1.165) is 5.76 Å². The van der Waals surface area contributed by atoms with Gasteiger partial charge in [0.15, 0.2) is 0 Å². The van der Waals surface area contributed by atoms with Crippen molar-refractivity contribution in [1.82, 2.24) is 9.21 Å². The van der Waals surface area contributed by atoms with Gasteiger partial charge in [0.25, 0.3) is 5.91 Å². The number of amides is 1. The van der Waals surface area contributed by atoms with Crippen LogP contribution < -0.4 is 0 Å². The Morgan fingerprint density at radius 3 is 2.36 bits per heavy atom. The van der Waals surface area contributed by atoms with E-state index in [1.54, 1.807) is 38.4 Å². The number of sulfonamides is 1. The van der Waals surface area contributed by atoms with Gasteiger partial charge < -0.3 is 9.32 Å². The zero-order chi connectivity index (χ0) is 18.8. The van der Waals surface area contributed by atoms with Gasteiger partial charge in [-0.2, -0.15) is 4.31 Å². The molecule has 0 spiro atoms. The number of benzene rings is 1. The van der Waals surface area contributed by atoms with Gasteiger partial charge in [0.1, 0.15) is 11.5 Å². The molecule has 0 aliphatic heterocycles. The second-order valence-corrected chi connectivity index (χ2v) is 8.27. The highest BCUT2D eigenvalue weighted by atomic mass is 32.2. The third-order valence-electron chi connectivity index (χ3n) is 3.78. The summed E-state index contributed by atoms with van der Waals surface area (Å²) in [5, 5.41) is 0. The van der Waals surface area contributed by atoms with Crippen LogP contribution in [0.4, 0.5) is 0 Å². The highest BCUT2D eigenvalue weighted by Gasteiger charge is 2.28. The molecule has 0 saturated heterocycles. The van der Waals surface area contributed by atoms with Gasteiger partial charge in [0.2, 0.25) is 10.0 Å². The van der Waals surface area contributed by atoms with Crippen LogP contribution in [0.15, 0.2) is 45.7 Å². The van der Waals surface area contributed by atoms with Gasteiger partial charge in [0.05, 0.1) is 11.4 Å². The minimum absolute atomic E-state index is 0.0946. The number of aryl methyl sites for hydroxylation is 1. The lowest BCUT2D eigenvalue weighted by atomic mass is 10.2. The largest absolute Gasteiger partial charge is 0.465 e. The summed E-state index contributed by atoms with van der Waals surface area (Å²) in [6, 6.07) is 9.42. The monoisotopic (exact) mass is 364 g/mol. The number of furan rings is 1. The predicted octanol–water partition coefficient (Wildman–Crippen LogP) is 2.89. The van der Waals surface area contributed by atoms with Gasteiger partial charge in [-0.15, -0.1) is 0 Å². The van der Waals surface area contributed by atoms with E-state index in [1.165, 1.54) is 21.3 Å². The van der Waals surface area contributed by atoms with Crippen molar-refractivity contribution in [3.63, 3.8) is 0 Å². The van der Waals surface area contributed by atoms with E-state index in [-0.39, 0.29) is 23.4 Å². The van der Waals surface area contributed by atoms with Crippen LogP contribution in [-0.2, 0) is 16.6 Å². The molecule has 6 nitrogen and oxygen atoms in total. The number of rotatable bonds is 6. The van der Waals surface area contributed by atoms with E-state index in [0.29, 0.717) is 11.3 Å². The van der Waals surface area contributed by atoms with Gasteiger partial charge in [-0.3, -0.25) is 4.79 Å². The standard InChI is InChI=1S/C18H24N2O4S/c1-13(2)20(12-16-10-9-14(3)24-16)25(22,23)17-8-6-7-15(11-17)18(21)19(4)5/h6-11,13H,12H2,1-5H3. The van der Waals surface area contributed by atoms with Crippen molar-refractivity contribution in [3.05, 3.63) is 53.5 Å². The molecule has 1 aromatic carbocycles. The SMILES string of the molecule is Cc1ccc(CN(C(C)C)S(=O)(=O)c2cccc(C(=O)N(C)C)c2)o1. The third kappa shape index (κ3) is 4.29. The quantitative estimate of drug-likeness (QED) is 0.790. The highest BCUT2D eigenvalue weighted by molar-refractivity contribution is 7.89. The molecule has 0 radical (unpaired) electrons. The number of hydrogen-bond acceptors (Lipinski definition) is 4. The molecule has 0 unspecified atom stereocenters. The summed E-state index contributed by atoms with van der Waals surface area (Å²) in [7, 11) is -0.512. The lowest BCUT2D eigenvalue weighted by Crippen LogP contribution is -2.36. The fraction of sp³-hybridized carbons (Fsp3) is 0.389. The van der Waals surface area contributed by atoms with Crippen LogP contribution in [0.25, 0.3) is 0 Å². The summed E-state index contributed by atoms with van der Waals surface area (Å²) in [4.78, 5) is 13.6. The molecule has 1 amide bonds. The maximum atomic E-state index is 13.1. The van der Waals surface area contributed by atoms with Gasteiger partial charge in [-0.1, -0.05) is 6.07 Å². The molecule has 7 heteroatoms. The minimum atomic E-state index is -3.77. The Hall–Kier alpha value is -2.12. The van der Waals surface area contributed by atoms with E-state index < -0.39 is 10.0 Å². The van der Waals surface area contributed by atoms with Crippen molar-refractivity contribution < 1.29 is 17.6 Å². The number of carbonyl (C=O) groups excluding carboxylic acids is 1. The van der Waals surface area contributed by atoms with Crippen molar-refractivity contribution in [3.8, 4) is 0 Å². The van der Waals surface area contributed by atoms with E-state index in [2.05, 4.69) is 0 Å². The molecule has 1 heterocycles. The van der Waals surface area contributed by atoms with Crippen molar-refractivity contribution >= 4 is 15.9 Å². The lowest BCUT2D eigenvalue weighted by Gasteiger charge is -2.25. The fourth-order valence-corrected chi connectivity index (χ4v) is 4.10. The van der Waals surface area contributed by atoms with Gasteiger partial charge in [0, 0.05) is 25.7 Å². The molecule has 0 aliphatic rings. The Labute approximate surface area is 149 Å². The first-order valence-electron chi connectivity index (χ1n) is 8.02. The average molecular weight is 364 g/mol. The Morgan fingerprint density at radius 2 is 1.84 bits per heavy atom. The van der Waals surface area contributed by atoms with Crippen LogP contribution >= 0.6 is 0 Å². The zero-order valence-electron chi connectivity index (χ0n) is 15.2. The first kappa shape index (κ1) is 19.2. The molecule has 0 aliphatic carbocycles. The Kier molecular flexibility index (Phi) is 5.69. The van der Waals surface area contributed by atoms with Crippen LogP contribution in [0.3, 0.4) is 0 Å². The fourth-order valence-electron chi connectivity index (χ4n) is 2.45. The number of nitrogens with zero attached hydrogens (tertiary/aromatic N) is 2. The van der Waals surface area contributed by atoms with Crippen molar-refractivity contribution in [1.29, 1.82) is 0 Å². The number of hydrogen-bond donors (Lipinski definition) is 0. The normalized spacial score (nSPS) is 12.0. The first-order valence-corrected chi connectivity index (χ1v) is 9.46. The first-order chi connectivity index (χ1) is 11.6. The second-order valence-electron chi connectivity index (χ2n) is 6.38. The molecule has 2 rings (SSSR count). The van der Waals surface area contributed by atoms with Crippen molar-refractivity contribution in [2.75, 3.05) is 14.1 Å². The molecule has 0 saturated carbocycles. The molecule has 2 aromatic rings. The molecule has 0 atom stereocenters. The lowest BCUT2D eigenvalue weighted by molar-refractivity contribution is 0.0827. The predicted molar refractivity (Wildman–Crippen MR) is 95.8 cm³/mol. The highest BCUT2D eigenvalue weighted by Crippen LogP contribution is 2.23. The molecule has 25 heavy (non-hydrogen) atoms. The second kappa shape index (κ2) is 7.41. The molecule has 136 valence electrons. The molecular weight excluding hydrogens is 340 g/mol. The third-order valence-corrected chi connectivity index (χ3v) is 5.80. The molecular formula is C18H24N2O4S. The van der Waals surface area contributed by atoms with Gasteiger partial charge >= 0.3 is 0 Å². The van der Waals surface area contributed by atoms with E-state index in [9.17, 15) is 13.2 Å². The van der Waals surface area contributed by atoms with E-state index in [1.807, 2.05) is 20.8 Å². The van der Waals surface area contributed by atoms with E-state index >= 15 is 0 Å². The summed E-state index contributed by atoms with van der Waals surface area (Å²) in [6.07, 6.45) is 0. The maximum absolute atomic E-state index is 13.1. The Morgan fingerprint density at radius 1 is 1.16 bits per heavy atom. The number of carbonyl (C=O) groups is 1. The Bertz CT molecular complexity index is 853. The summed E-state index contributed by atoms with van der Waals surface area (Å²) >= 11 is 0. The molecule has 0 bridgehead atoms. The van der Waals surface area contributed by atoms with E-state index in [4.69, 9.17) is 4.42 Å². The summed E-state index contributed by atoms with van der Waals surface area (Å²) < 4.78 is 33.1. The summed E-state index contributed by atoms with van der Waals surface area (Å²) in [5.74, 6) is 1.07. The average Bonchev–Trinajstić information content (AvgIpc) is 2.96. The van der Waals surface area contributed by atoms with Crippen LogP contribution in [0, 0.1) is 6.92 Å². The minimum Gasteiger partial charge on any atom is -0.465 e. The van der Waals surface area contributed by atoms with Crippen molar-refractivity contribution in [2.24, 2.45) is 0 Å². The maximum Gasteiger partial charge on any atom is 0.253 e. The van der Waals surface area contributed by atoms with Crippen LogP contribution in [-0.4, -0.2) is 43.7 Å². The van der Waals surface area contributed by atoms with Crippen LogP contribution in [0.1, 0.15) is 35.7 Å². The molecule has 1 aromatic heterocycles. The molecule has 0 N–H and O–H groups in total. The molecule has 0 fully saturated rings. The van der Waals surface area contributed by atoms with Crippen LogP contribution in [0.2, 0.25) is 0 Å². The van der Waals surface area contributed by atoms with Crippen molar-refractivity contribution in [2.45, 2.75) is 38.3 Å². The van der Waals surface area contributed by atoms with Gasteiger partial charge in [-0.05, 0) is 51.1 Å². The zero-order valence-corrected chi connectivity index (χ0v) is 16.0. The smallest absolute Gasteiger partial charge is 0.253 e. The summed E-state index contributed by atoms with van der Waals surface area (Å²) in [6.45, 7) is 5.57. The topological polar surface area (TPSA) is 70.8 Å².